The van der Waals surface area contributed by atoms with E-state index in [0.717, 1.165) is 11.8 Å². The molecule has 1 saturated heterocycles. The lowest BCUT2D eigenvalue weighted by atomic mass is 9.95. The maximum atomic E-state index is 14.9. The number of benzene rings is 2. The van der Waals surface area contributed by atoms with Crippen LogP contribution in [0, 0.1) is 5.82 Å². The summed E-state index contributed by atoms with van der Waals surface area (Å²) < 4.78 is 52.4. The van der Waals surface area contributed by atoms with Crippen LogP contribution in [0.4, 0.5) is 14.9 Å². The van der Waals surface area contributed by atoms with Gasteiger partial charge in [-0.15, -0.1) is 0 Å². The van der Waals surface area contributed by atoms with Crippen LogP contribution in [0.15, 0.2) is 54.7 Å². The first-order valence-electron chi connectivity index (χ1n) is 11.0. The molecule has 2 atom stereocenters. The van der Waals surface area contributed by atoms with Gasteiger partial charge in [0, 0.05) is 11.8 Å². The largest absolute Gasteiger partial charge is 0.459 e. The lowest BCUT2D eigenvalue weighted by Crippen LogP contribution is -2.37. The van der Waals surface area contributed by atoms with Crippen molar-refractivity contribution in [2.45, 2.75) is 31.6 Å². The van der Waals surface area contributed by atoms with Gasteiger partial charge >= 0.3 is 12.1 Å². The van der Waals surface area contributed by atoms with Gasteiger partial charge < -0.3 is 14.8 Å². The summed E-state index contributed by atoms with van der Waals surface area (Å²) in [7, 11) is -3.67. The van der Waals surface area contributed by atoms with E-state index in [1.165, 1.54) is 11.0 Å². The summed E-state index contributed by atoms with van der Waals surface area (Å²) in [6.45, 7) is -0.0933. The summed E-state index contributed by atoms with van der Waals surface area (Å²) in [4.78, 5) is 25.7. The van der Waals surface area contributed by atoms with Crippen LogP contribution < -0.4 is 10.2 Å². The van der Waals surface area contributed by atoms with Crippen LogP contribution in [0.2, 0.25) is 0 Å². The van der Waals surface area contributed by atoms with Gasteiger partial charge in [-0.05, 0) is 42.2 Å². The molecule has 4 rings (SSSR count). The van der Waals surface area contributed by atoms with Gasteiger partial charge in [-0.3, -0.25) is 9.08 Å². The molecule has 11 heteroatoms. The Balaban J connectivity index is 1.35. The predicted molar refractivity (Wildman–Crippen MR) is 125 cm³/mol. The normalized spacial score (nSPS) is 20.1. The lowest BCUT2D eigenvalue weighted by Gasteiger charge is -2.23. The first-order valence-corrected chi connectivity index (χ1v) is 12.8. The van der Waals surface area contributed by atoms with Crippen LogP contribution in [0.25, 0.3) is 5.57 Å². The van der Waals surface area contributed by atoms with Crippen LogP contribution in [0.3, 0.4) is 0 Å². The van der Waals surface area contributed by atoms with E-state index in [4.69, 9.17) is 9.47 Å². The Kier molecular flexibility index (Phi) is 7.37. The molecule has 2 heterocycles. The van der Waals surface area contributed by atoms with Crippen molar-refractivity contribution in [3.63, 3.8) is 0 Å². The average Bonchev–Trinajstić information content (AvgIpc) is 3.22. The second-order valence-corrected chi connectivity index (χ2v) is 9.93. The fourth-order valence-electron chi connectivity index (χ4n) is 3.84. The third kappa shape index (κ3) is 6.37. The number of carbonyl (C=O) groups excluding carboxylic acids is 2. The number of rotatable bonds is 8. The number of cyclic esters (lactones) is 1. The van der Waals surface area contributed by atoms with Crippen molar-refractivity contribution >= 4 is 33.4 Å². The number of anilines is 1. The molecule has 0 saturated carbocycles. The first kappa shape index (κ1) is 24.7. The zero-order valence-corrected chi connectivity index (χ0v) is 19.8. The minimum absolute atomic E-state index is 0.0319. The number of hydrogen-bond acceptors (Lipinski definition) is 8. The second kappa shape index (κ2) is 10.4. The highest BCUT2D eigenvalue weighted by Gasteiger charge is 2.34. The molecule has 0 spiro atoms. The van der Waals surface area contributed by atoms with E-state index in [9.17, 15) is 22.4 Å². The van der Waals surface area contributed by atoms with Gasteiger partial charge in [0.25, 0.3) is 10.1 Å². The minimum atomic E-state index is -3.67. The Morgan fingerprint density at radius 1 is 1.23 bits per heavy atom. The summed E-state index contributed by atoms with van der Waals surface area (Å²) in [6, 6.07) is 13.2. The van der Waals surface area contributed by atoms with Crippen molar-refractivity contribution in [1.82, 2.24) is 5.32 Å². The molecule has 1 amide bonds. The number of halogens is 1. The van der Waals surface area contributed by atoms with Crippen LogP contribution in [-0.2, 0) is 35.2 Å². The molecule has 2 aromatic rings. The quantitative estimate of drug-likeness (QED) is 0.432. The number of amides is 1. The van der Waals surface area contributed by atoms with E-state index in [1.54, 1.807) is 18.3 Å². The Morgan fingerprint density at radius 3 is 2.66 bits per heavy atom. The highest BCUT2D eigenvalue weighted by molar-refractivity contribution is 7.85. The Morgan fingerprint density at radius 2 is 2.00 bits per heavy atom. The van der Waals surface area contributed by atoms with E-state index >= 15 is 0 Å². The number of nitrogens with one attached hydrogen (secondary N) is 1. The summed E-state index contributed by atoms with van der Waals surface area (Å²) in [5.41, 5.74) is 2.21. The average molecular weight is 505 g/mol. The van der Waals surface area contributed by atoms with Gasteiger partial charge in [0.2, 0.25) is 0 Å². The van der Waals surface area contributed by atoms with E-state index in [0.29, 0.717) is 24.0 Å². The molecule has 1 N–H and O–H groups in total. The molecule has 0 radical (unpaired) electrons. The van der Waals surface area contributed by atoms with E-state index in [1.807, 2.05) is 30.3 Å². The van der Waals surface area contributed by atoms with Gasteiger partial charge in [-0.1, -0.05) is 30.3 Å². The molecule has 1 unspecified atom stereocenters. The molecular formula is C24H25FN2O7S. The third-order valence-corrected chi connectivity index (χ3v) is 6.19. The monoisotopic (exact) mass is 504 g/mol. The van der Waals surface area contributed by atoms with Gasteiger partial charge in [-0.25, -0.2) is 14.0 Å². The molecule has 1 fully saturated rings. The predicted octanol–water partition coefficient (Wildman–Crippen LogP) is 2.96. The number of nitrogens with zero attached hydrogens (tertiary/aromatic N) is 1. The van der Waals surface area contributed by atoms with E-state index in [2.05, 4.69) is 9.50 Å². The van der Waals surface area contributed by atoms with Crippen molar-refractivity contribution in [3.05, 3.63) is 71.7 Å². The molecule has 0 aliphatic carbocycles. The zero-order chi connectivity index (χ0) is 25.0. The molecule has 186 valence electrons. The van der Waals surface area contributed by atoms with Gasteiger partial charge in [0.1, 0.15) is 31.2 Å². The lowest BCUT2D eigenvalue weighted by molar-refractivity contribution is -0.147. The van der Waals surface area contributed by atoms with Crippen molar-refractivity contribution in [2.75, 3.05) is 24.3 Å². The molecule has 0 bridgehead atoms. The standard InChI is InChI=1S/C24H25FN2O7S/c1-35(30,31)33-15-19-13-27(24(29)34-19)18-8-9-20(21(25)11-18)17-7-10-22(26-12-17)23(28)32-14-16-5-3-2-4-6-16/h2-6,8-9,11-12,19,22,26H,7,10,13-15H2,1H3/t19-,22?/m1/s1. The molecule has 35 heavy (non-hydrogen) atoms. The summed E-state index contributed by atoms with van der Waals surface area (Å²) in [6.07, 6.45) is 1.92. The number of hydrogen-bond donors (Lipinski definition) is 1. The third-order valence-electron chi connectivity index (χ3n) is 5.62. The number of esters is 1. The SMILES string of the molecule is CS(=O)(=O)OC[C@H]1CN(c2ccc(C3=CNC(C(=O)OCc4ccccc4)CC3)c(F)c2)C(=O)O1. The topological polar surface area (TPSA) is 111 Å². The Labute approximate surface area is 202 Å². The van der Waals surface area contributed by atoms with Gasteiger partial charge in [0.05, 0.1) is 18.5 Å². The van der Waals surface area contributed by atoms with Crippen LogP contribution in [0.1, 0.15) is 24.0 Å². The maximum absolute atomic E-state index is 14.9. The molecular weight excluding hydrogens is 479 g/mol. The highest BCUT2D eigenvalue weighted by Crippen LogP contribution is 2.30. The fourth-order valence-corrected chi connectivity index (χ4v) is 4.23. The van der Waals surface area contributed by atoms with Crippen molar-refractivity contribution in [1.29, 1.82) is 0 Å². The van der Waals surface area contributed by atoms with E-state index in [-0.39, 0.29) is 31.4 Å². The number of allylic oxidation sites excluding steroid dienone is 1. The van der Waals surface area contributed by atoms with Crippen LogP contribution in [-0.4, -0.2) is 52.0 Å². The van der Waals surface area contributed by atoms with E-state index < -0.39 is 34.2 Å². The summed E-state index contributed by atoms with van der Waals surface area (Å²) in [5, 5.41) is 2.99. The van der Waals surface area contributed by atoms with Gasteiger partial charge in [0.15, 0.2) is 0 Å². The van der Waals surface area contributed by atoms with Crippen LogP contribution in [0.5, 0.6) is 0 Å². The summed E-state index contributed by atoms with van der Waals surface area (Å²) >= 11 is 0. The molecule has 2 aliphatic rings. The maximum Gasteiger partial charge on any atom is 0.414 e. The Bertz CT molecular complexity index is 1230. The minimum Gasteiger partial charge on any atom is -0.459 e. The Hall–Kier alpha value is -3.44. The zero-order valence-electron chi connectivity index (χ0n) is 19.0. The molecule has 9 nitrogen and oxygen atoms in total. The first-order chi connectivity index (χ1) is 16.7. The highest BCUT2D eigenvalue weighted by atomic mass is 32.2. The molecule has 0 aromatic heterocycles. The molecule has 2 aliphatic heterocycles. The van der Waals surface area contributed by atoms with Crippen molar-refractivity contribution in [3.8, 4) is 0 Å². The van der Waals surface area contributed by atoms with Gasteiger partial charge in [-0.2, -0.15) is 8.42 Å². The van der Waals surface area contributed by atoms with Crippen LogP contribution >= 0.6 is 0 Å². The molecule has 2 aromatic carbocycles. The van der Waals surface area contributed by atoms with Crippen molar-refractivity contribution in [2.24, 2.45) is 0 Å². The number of carbonyl (C=O) groups is 2. The number of ether oxygens (including phenoxy) is 2. The smallest absolute Gasteiger partial charge is 0.414 e. The fraction of sp³-hybridized carbons (Fsp3) is 0.333. The van der Waals surface area contributed by atoms with Crippen molar-refractivity contribution < 1.29 is 36.1 Å². The summed E-state index contributed by atoms with van der Waals surface area (Å²) in [5.74, 6) is -0.911. The second-order valence-electron chi connectivity index (χ2n) is 8.29.